The third kappa shape index (κ3) is 11.5. The summed E-state index contributed by atoms with van der Waals surface area (Å²) >= 11 is 0. The van der Waals surface area contributed by atoms with Crippen LogP contribution < -0.4 is 11.1 Å². The molecule has 0 rings (SSSR count). The maximum Gasteiger partial charge on any atom is 0.312 e. The first kappa shape index (κ1) is 11.7. The number of nitrogens with two attached hydrogens (primary N) is 1. The van der Waals surface area contributed by atoms with Crippen molar-refractivity contribution >= 4 is 27.0 Å². The van der Waals surface area contributed by atoms with E-state index in [9.17, 15) is 4.79 Å². The first-order valence-corrected chi connectivity index (χ1v) is 3.53. The summed E-state index contributed by atoms with van der Waals surface area (Å²) in [7, 11) is 0.351. The Hall–Kier alpha value is -0.0500. The van der Waals surface area contributed by atoms with E-state index < -0.39 is 6.03 Å². The van der Waals surface area contributed by atoms with E-state index in [1.807, 2.05) is 0 Å². The predicted octanol–water partition coefficient (Wildman–Crippen LogP) is -0.338. The van der Waals surface area contributed by atoms with Crippen LogP contribution in [0.1, 0.15) is 0 Å². The fourth-order valence-corrected chi connectivity index (χ4v) is 0.617. The van der Waals surface area contributed by atoms with E-state index in [0.717, 1.165) is 0 Å². The van der Waals surface area contributed by atoms with E-state index in [-0.39, 0.29) is 18.8 Å². The number of carbonyl (C=O) groups excluding carboxylic acids is 1. The fourth-order valence-electron chi connectivity index (χ4n) is 0.206. The van der Waals surface area contributed by atoms with E-state index in [2.05, 4.69) is 5.32 Å². The summed E-state index contributed by atoms with van der Waals surface area (Å²) in [5.74, 6) is 0. The Morgan fingerprint density at radius 1 is 1.78 bits per heavy atom. The maximum absolute atomic E-state index is 9.91. The molecule has 0 heterocycles. The SMILES string of the molecule is Cl.NC(=O)NCPCO. The molecule has 1 atom stereocenters. The third-order valence-electron chi connectivity index (χ3n) is 0.499. The molecule has 0 aromatic heterocycles. The van der Waals surface area contributed by atoms with Crippen LogP contribution in [0.4, 0.5) is 4.79 Å². The van der Waals surface area contributed by atoms with Gasteiger partial charge in [-0.15, -0.1) is 12.4 Å². The van der Waals surface area contributed by atoms with Crippen LogP contribution in [0, 0.1) is 0 Å². The lowest BCUT2D eigenvalue weighted by Gasteiger charge is -1.96. The van der Waals surface area contributed by atoms with Gasteiger partial charge in [0.25, 0.3) is 0 Å². The van der Waals surface area contributed by atoms with Crippen LogP contribution in [0.15, 0.2) is 0 Å². The minimum atomic E-state index is -0.536. The molecule has 4 N–H and O–H groups in total. The third-order valence-corrected chi connectivity index (χ3v) is 1.15. The van der Waals surface area contributed by atoms with E-state index in [4.69, 9.17) is 10.8 Å². The Morgan fingerprint density at radius 3 is 2.67 bits per heavy atom. The van der Waals surface area contributed by atoms with Crippen molar-refractivity contribution in [2.24, 2.45) is 5.73 Å². The number of hydrogen-bond acceptors (Lipinski definition) is 2. The fraction of sp³-hybridized carbons (Fsp3) is 0.667. The minimum Gasteiger partial charge on any atom is -0.392 e. The quantitative estimate of drug-likeness (QED) is 0.403. The number of aliphatic hydroxyl groups is 1. The summed E-state index contributed by atoms with van der Waals surface area (Å²) in [5, 5.41) is 10.5. The van der Waals surface area contributed by atoms with Crippen molar-refractivity contribution in [1.82, 2.24) is 5.32 Å². The molecule has 0 saturated heterocycles. The molecule has 0 spiro atoms. The molecule has 0 radical (unpaired) electrons. The van der Waals surface area contributed by atoms with Crippen LogP contribution in [0.2, 0.25) is 0 Å². The number of primary amides is 1. The lowest BCUT2D eigenvalue weighted by atomic mass is 11.0. The largest absolute Gasteiger partial charge is 0.392 e. The van der Waals surface area contributed by atoms with E-state index in [0.29, 0.717) is 14.9 Å². The van der Waals surface area contributed by atoms with E-state index in [1.165, 1.54) is 0 Å². The zero-order valence-corrected chi connectivity index (χ0v) is 6.57. The predicted molar refractivity (Wildman–Crippen MR) is 40.2 cm³/mol. The lowest BCUT2D eigenvalue weighted by Crippen LogP contribution is -2.28. The molecule has 56 valence electrons. The number of rotatable bonds is 3. The summed E-state index contributed by atoms with van der Waals surface area (Å²) in [6.07, 6.45) is 0.589. The Balaban J connectivity index is 0. The standard InChI is InChI=1S/C3H9N2O2P.ClH/c4-3(7)5-1-8-2-6;/h6,8H,1-2H2,(H3,4,5,7);1H. The molecule has 0 aromatic carbocycles. The van der Waals surface area contributed by atoms with Crippen molar-refractivity contribution < 1.29 is 9.90 Å². The second-order valence-corrected chi connectivity index (χ2v) is 2.30. The number of urea groups is 1. The van der Waals surface area contributed by atoms with Crippen LogP contribution in [0.3, 0.4) is 0 Å². The molecule has 6 heteroatoms. The van der Waals surface area contributed by atoms with Gasteiger partial charge in [-0.25, -0.2) is 4.79 Å². The van der Waals surface area contributed by atoms with Gasteiger partial charge in [-0.2, -0.15) is 0 Å². The first-order chi connectivity index (χ1) is 3.77. The van der Waals surface area contributed by atoms with Gasteiger partial charge in [0.2, 0.25) is 0 Å². The normalized spacial score (nSPS) is 9.00. The Kier molecular flexibility index (Phi) is 10.3. The summed E-state index contributed by atoms with van der Waals surface area (Å²) in [6, 6.07) is -0.536. The summed E-state index contributed by atoms with van der Waals surface area (Å²) < 4.78 is 0. The summed E-state index contributed by atoms with van der Waals surface area (Å²) in [6.45, 7) is 0. The highest BCUT2D eigenvalue weighted by molar-refractivity contribution is 7.37. The molecule has 0 aliphatic carbocycles. The van der Waals surface area contributed by atoms with Gasteiger partial charge in [0.15, 0.2) is 0 Å². The molecule has 0 aliphatic rings. The Labute approximate surface area is 61.4 Å². The number of carbonyl (C=O) groups is 1. The lowest BCUT2D eigenvalue weighted by molar-refractivity contribution is 0.250. The summed E-state index contributed by atoms with van der Waals surface area (Å²) in [4.78, 5) is 9.91. The monoisotopic (exact) mass is 172 g/mol. The van der Waals surface area contributed by atoms with Gasteiger partial charge in [0, 0.05) is 6.29 Å². The molecule has 0 saturated carbocycles. The molecule has 1 unspecified atom stereocenters. The van der Waals surface area contributed by atoms with Gasteiger partial charge < -0.3 is 16.2 Å². The van der Waals surface area contributed by atoms with Crippen molar-refractivity contribution in [3.63, 3.8) is 0 Å². The smallest absolute Gasteiger partial charge is 0.312 e. The number of amides is 2. The summed E-state index contributed by atoms with van der Waals surface area (Å²) in [5.41, 5.74) is 4.71. The zero-order chi connectivity index (χ0) is 6.41. The molecule has 0 fully saturated rings. The van der Waals surface area contributed by atoms with Gasteiger partial charge in [-0.3, -0.25) is 0 Å². The maximum atomic E-state index is 9.91. The van der Waals surface area contributed by atoms with Crippen LogP contribution >= 0.6 is 21.0 Å². The molecule has 4 nitrogen and oxygen atoms in total. The van der Waals surface area contributed by atoms with Crippen LogP contribution in [-0.2, 0) is 0 Å². The van der Waals surface area contributed by atoms with E-state index >= 15 is 0 Å². The molecule has 2 amide bonds. The van der Waals surface area contributed by atoms with Gasteiger partial charge in [-0.1, -0.05) is 8.58 Å². The minimum absolute atomic E-state index is 0. The highest BCUT2D eigenvalue weighted by Crippen LogP contribution is 2.01. The second-order valence-electron chi connectivity index (χ2n) is 1.13. The molecule has 9 heavy (non-hydrogen) atoms. The highest BCUT2D eigenvalue weighted by Gasteiger charge is 1.86. The number of hydrogen-bond donors (Lipinski definition) is 3. The zero-order valence-electron chi connectivity index (χ0n) is 4.76. The van der Waals surface area contributed by atoms with Gasteiger partial charge in [-0.05, 0) is 0 Å². The van der Waals surface area contributed by atoms with Crippen molar-refractivity contribution in [2.45, 2.75) is 0 Å². The van der Waals surface area contributed by atoms with Gasteiger partial charge in [0.1, 0.15) is 0 Å². The Morgan fingerprint density at radius 2 is 2.33 bits per heavy atom. The molecular formula is C3H10ClN2O2P. The topological polar surface area (TPSA) is 75.4 Å². The average Bonchev–Trinajstić information content (AvgIpc) is 1.66. The first-order valence-electron chi connectivity index (χ1n) is 2.12. The number of aliphatic hydroxyl groups excluding tert-OH is 1. The highest BCUT2D eigenvalue weighted by atomic mass is 35.5. The molecular weight excluding hydrogens is 162 g/mol. The molecule has 0 aliphatic heterocycles. The van der Waals surface area contributed by atoms with E-state index in [1.54, 1.807) is 0 Å². The van der Waals surface area contributed by atoms with Crippen molar-refractivity contribution in [3.8, 4) is 0 Å². The van der Waals surface area contributed by atoms with Crippen molar-refractivity contribution in [3.05, 3.63) is 0 Å². The molecule has 0 bridgehead atoms. The van der Waals surface area contributed by atoms with Gasteiger partial charge >= 0.3 is 6.03 Å². The molecule has 0 aromatic rings. The second kappa shape index (κ2) is 7.95. The average molecular weight is 173 g/mol. The number of nitrogens with one attached hydrogen (secondary N) is 1. The van der Waals surface area contributed by atoms with Gasteiger partial charge in [0.05, 0.1) is 6.35 Å². The van der Waals surface area contributed by atoms with Crippen molar-refractivity contribution in [1.29, 1.82) is 0 Å². The van der Waals surface area contributed by atoms with Crippen LogP contribution in [0.5, 0.6) is 0 Å². The number of halogens is 1. The van der Waals surface area contributed by atoms with Crippen molar-refractivity contribution in [2.75, 3.05) is 12.6 Å². The Bertz CT molecular complexity index is 82.2. The van der Waals surface area contributed by atoms with Crippen LogP contribution in [0.25, 0.3) is 0 Å². The van der Waals surface area contributed by atoms with Crippen LogP contribution in [-0.4, -0.2) is 23.8 Å².